The molecule has 0 aliphatic carbocycles. The number of carbonyl (C=O) groups excluding carboxylic acids is 2. The number of nitrogens with one attached hydrogen (secondary N) is 1. The number of hydrogen-bond donors (Lipinski definition) is 1. The number of ether oxygens (including phenoxy) is 5. The zero-order chi connectivity index (χ0) is 25.4. The molecule has 1 aromatic rings. The normalized spacial score (nSPS) is 19.3. The molecule has 1 aliphatic heterocycles. The highest BCUT2D eigenvalue weighted by Gasteiger charge is 2.40. The van der Waals surface area contributed by atoms with Crippen molar-refractivity contribution in [3.8, 4) is 12.3 Å². The summed E-state index contributed by atoms with van der Waals surface area (Å²) in [7, 11) is -2.50. The van der Waals surface area contributed by atoms with Crippen LogP contribution in [0.1, 0.15) is 11.8 Å². The summed E-state index contributed by atoms with van der Waals surface area (Å²) in [6.07, 6.45) is 6.26. The Morgan fingerprint density at radius 2 is 1.76 bits per heavy atom. The van der Waals surface area contributed by atoms with Crippen LogP contribution in [-0.4, -0.2) is 61.9 Å². The predicted molar refractivity (Wildman–Crippen MR) is 109 cm³/mol. The van der Waals surface area contributed by atoms with Crippen LogP contribution >= 0.6 is 7.82 Å². The highest BCUT2D eigenvalue weighted by molar-refractivity contribution is 7.48. The Morgan fingerprint density at radius 1 is 1.18 bits per heavy atom. The van der Waals surface area contributed by atoms with Gasteiger partial charge in [-0.1, -0.05) is 5.92 Å². The molecule has 0 unspecified atom stereocenters. The molecule has 0 saturated heterocycles. The standard InChI is InChI=1S/C18H21N2O13P/c1-5-18(7-6-13(33-18)20-8-12(2)14(21)19-15(20)22)9-30-34(25,31-10-28-16(23)26-3)32-11-29-17(24)27-4/h1,6-8,13H,9-11H2,2-4H3,(H,19,21,22)/t13-,18+/m1/s1. The van der Waals surface area contributed by atoms with Crippen LogP contribution in [0, 0.1) is 19.3 Å². The van der Waals surface area contributed by atoms with Crippen LogP contribution in [0.15, 0.2) is 27.9 Å². The number of phosphoric acid groups is 1. The van der Waals surface area contributed by atoms with Gasteiger partial charge in [0.25, 0.3) is 5.56 Å². The lowest BCUT2D eigenvalue weighted by Gasteiger charge is -2.26. The summed E-state index contributed by atoms with van der Waals surface area (Å²) < 4.78 is 51.9. The van der Waals surface area contributed by atoms with E-state index < -0.39 is 63.4 Å². The first-order chi connectivity index (χ1) is 16.1. The van der Waals surface area contributed by atoms with E-state index >= 15 is 0 Å². The zero-order valence-electron chi connectivity index (χ0n) is 18.2. The smallest absolute Gasteiger partial charge is 0.438 e. The SMILES string of the molecule is C#C[C@@]1(COP(=O)(OCOC(=O)OC)OCOC(=O)OC)C=C[C@H](n2cc(C)c(=O)[nH]c2=O)O1. The summed E-state index contributed by atoms with van der Waals surface area (Å²) in [5.41, 5.74) is -2.72. The second-order valence-corrected chi connectivity index (χ2v) is 7.96. The average molecular weight is 504 g/mol. The molecule has 2 atom stereocenters. The summed E-state index contributed by atoms with van der Waals surface area (Å²) in [6.45, 7) is -0.989. The van der Waals surface area contributed by atoms with E-state index in [1.54, 1.807) is 0 Å². The van der Waals surface area contributed by atoms with Crippen molar-refractivity contribution in [2.24, 2.45) is 0 Å². The van der Waals surface area contributed by atoms with Gasteiger partial charge in [-0.25, -0.2) is 28.0 Å². The van der Waals surface area contributed by atoms with Gasteiger partial charge in [0.05, 0.1) is 14.2 Å². The van der Waals surface area contributed by atoms with Crippen LogP contribution in [0.25, 0.3) is 0 Å². The third-order valence-electron chi connectivity index (χ3n) is 4.07. The monoisotopic (exact) mass is 504 g/mol. The van der Waals surface area contributed by atoms with E-state index in [-0.39, 0.29) is 5.56 Å². The molecule has 34 heavy (non-hydrogen) atoms. The van der Waals surface area contributed by atoms with Gasteiger partial charge < -0.3 is 23.7 Å². The minimum atomic E-state index is -4.57. The Balaban J connectivity index is 2.11. The van der Waals surface area contributed by atoms with Gasteiger partial charge in [-0.2, -0.15) is 0 Å². The molecular weight excluding hydrogens is 483 g/mol. The van der Waals surface area contributed by atoms with Gasteiger partial charge in [-0.05, 0) is 19.1 Å². The first kappa shape index (κ1) is 26.8. The van der Waals surface area contributed by atoms with Crippen molar-refractivity contribution in [3.05, 3.63) is 44.8 Å². The van der Waals surface area contributed by atoms with Crippen LogP contribution in [0.3, 0.4) is 0 Å². The minimum Gasteiger partial charge on any atom is -0.438 e. The minimum absolute atomic E-state index is 0.244. The second kappa shape index (κ2) is 11.6. The molecule has 2 heterocycles. The van der Waals surface area contributed by atoms with Crippen LogP contribution in [0.5, 0.6) is 0 Å². The molecule has 0 amide bonds. The number of aromatic amines is 1. The Kier molecular flexibility index (Phi) is 9.19. The van der Waals surface area contributed by atoms with Crippen molar-refractivity contribution in [1.82, 2.24) is 9.55 Å². The van der Waals surface area contributed by atoms with Crippen LogP contribution < -0.4 is 11.2 Å². The molecular formula is C18H21N2O13P. The highest BCUT2D eigenvalue weighted by atomic mass is 31.2. The molecule has 2 rings (SSSR count). The van der Waals surface area contributed by atoms with Crippen molar-refractivity contribution < 1.29 is 51.4 Å². The Morgan fingerprint density at radius 3 is 2.29 bits per heavy atom. The van der Waals surface area contributed by atoms with Gasteiger partial charge in [0, 0.05) is 11.8 Å². The van der Waals surface area contributed by atoms with Crippen molar-refractivity contribution >= 4 is 20.1 Å². The summed E-state index contributed by atoms with van der Waals surface area (Å²) in [5.74, 6) is 2.30. The fourth-order valence-corrected chi connectivity index (χ4v) is 3.28. The predicted octanol–water partition coefficient (Wildman–Crippen LogP) is 0.941. The number of phosphoric ester groups is 1. The number of carbonyl (C=O) groups is 2. The number of methoxy groups -OCH3 is 2. The van der Waals surface area contributed by atoms with Crippen LogP contribution in [0.4, 0.5) is 9.59 Å². The van der Waals surface area contributed by atoms with Crippen LogP contribution in [-0.2, 0) is 41.8 Å². The summed E-state index contributed by atoms with van der Waals surface area (Å²) >= 11 is 0. The van der Waals surface area contributed by atoms with E-state index in [0.29, 0.717) is 0 Å². The lowest BCUT2D eigenvalue weighted by molar-refractivity contribution is -0.0668. The number of rotatable bonds is 10. The number of aryl methyl sites for hydroxylation is 1. The molecule has 16 heteroatoms. The first-order valence-corrected chi connectivity index (χ1v) is 10.6. The molecule has 0 spiro atoms. The highest BCUT2D eigenvalue weighted by Crippen LogP contribution is 2.50. The molecule has 15 nitrogen and oxygen atoms in total. The van der Waals surface area contributed by atoms with E-state index in [1.807, 2.05) is 0 Å². The van der Waals surface area contributed by atoms with Crippen molar-refractivity contribution in [2.45, 2.75) is 18.8 Å². The van der Waals surface area contributed by atoms with Gasteiger partial charge in [0.1, 0.15) is 6.61 Å². The lowest BCUT2D eigenvalue weighted by atomic mass is 10.1. The summed E-state index contributed by atoms with van der Waals surface area (Å²) in [6, 6.07) is 0. The van der Waals surface area contributed by atoms with Gasteiger partial charge in [-0.3, -0.25) is 18.9 Å². The summed E-state index contributed by atoms with van der Waals surface area (Å²) in [5, 5.41) is 0. The van der Waals surface area contributed by atoms with E-state index in [2.05, 4.69) is 29.9 Å². The topological polar surface area (TPSA) is 180 Å². The van der Waals surface area contributed by atoms with Crippen LogP contribution in [0.2, 0.25) is 0 Å². The lowest BCUT2D eigenvalue weighted by Crippen LogP contribution is -2.37. The van der Waals surface area contributed by atoms with Gasteiger partial charge in [0.2, 0.25) is 13.6 Å². The van der Waals surface area contributed by atoms with Crippen molar-refractivity contribution in [2.75, 3.05) is 34.4 Å². The molecule has 0 bridgehead atoms. The van der Waals surface area contributed by atoms with Crippen molar-refractivity contribution in [1.29, 1.82) is 0 Å². The van der Waals surface area contributed by atoms with Gasteiger partial charge in [0.15, 0.2) is 11.8 Å². The maximum atomic E-state index is 12.9. The average Bonchev–Trinajstić information content (AvgIpc) is 3.24. The van der Waals surface area contributed by atoms with E-state index in [9.17, 15) is 23.7 Å². The Bertz CT molecular complexity index is 1110. The van der Waals surface area contributed by atoms with E-state index in [4.69, 9.17) is 24.7 Å². The number of aromatic nitrogens is 2. The molecule has 0 aromatic carbocycles. The second-order valence-electron chi connectivity index (χ2n) is 6.29. The molecule has 0 saturated carbocycles. The number of hydrogen-bond acceptors (Lipinski definition) is 13. The van der Waals surface area contributed by atoms with Crippen molar-refractivity contribution in [3.63, 3.8) is 0 Å². The fourth-order valence-electron chi connectivity index (χ4n) is 2.35. The number of nitrogens with zero attached hydrogens (tertiary/aromatic N) is 1. The van der Waals surface area contributed by atoms with E-state index in [0.717, 1.165) is 18.8 Å². The Hall–Kier alpha value is -3.41. The maximum absolute atomic E-state index is 12.9. The third kappa shape index (κ3) is 7.04. The molecule has 0 fully saturated rings. The molecule has 1 aromatic heterocycles. The summed E-state index contributed by atoms with van der Waals surface area (Å²) in [4.78, 5) is 47.9. The first-order valence-electron chi connectivity index (χ1n) is 9.19. The largest absolute Gasteiger partial charge is 0.510 e. The number of terminal acetylenes is 1. The van der Waals surface area contributed by atoms with Gasteiger partial charge in [-0.15, -0.1) is 6.42 Å². The Labute approximate surface area is 192 Å². The zero-order valence-corrected chi connectivity index (χ0v) is 19.1. The molecule has 1 aliphatic rings. The third-order valence-corrected chi connectivity index (χ3v) is 5.36. The maximum Gasteiger partial charge on any atom is 0.510 e. The fraction of sp³-hybridized carbons (Fsp3) is 0.444. The molecule has 1 N–H and O–H groups in total. The molecule has 186 valence electrons. The van der Waals surface area contributed by atoms with Gasteiger partial charge >= 0.3 is 25.8 Å². The van der Waals surface area contributed by atoms with E-state index in [1.165, 1.54) is 25.3 Å². The molecule has 0 radical (unpaired) electrons. The quantitative estimate of drug-likeness (QED) is 0.156. The number of H-pyrrole nitrogens is 1.